The lowest BCUT2D eigenvalue weighted by molar-refractivity contribution is -0.680. The summed E-state index contributed by atoms with van der Waals surface area (Å²) in [6, 6.07) is 8.68. The number of nitrogens with zero attached hydrogens (tertiary/aromatic N) is 3. The van der Waals surface area contributed by atoms with Crippen molar-refractivity contribution in [2.75, 3.05) is 0 Å². The number of aromatic nitrogens is 3. The first-order chi connectivity index (χ1) is 13.6. The maximum absolute atomic E-state index is 13.3. The highest BCUT2D eigenvalue weighted by atomic mass is 16.1. The van der Waals surface area contributed by atoms with E-state index >= 15 is 0 Å². The van der Waals surface area contributed by atoms with Crippen molar-refractivity contribution in [3.8, 4) is 5.69 Å². The fraction of sp³-hybridized carbons (Fsp3) is 0.400. The van der Waals surface area contributed by atoms with Crippen LogP contribution in [0.3, 0.4) is 0 Å². The van der Waals surface area contributed by atoms with E-state index in [9.17, 15) is 4.79 Å². The summed E-state index contributed by atoms with van der Waals surface area (Å²) in [7, 11) is 1.92. The molecule has 0 amide bonds. The molecule has 1 aromatic heterocycles. The van der Waals surface area contributed by atoms with Gasteiger partial charge < -0.3 is 0 Å². The second-order valence-corrected chi connectivity index (χ2v) is 8.39. The van der Waals surface area contributed by atoms with Crippen molar-refractivity contribution in [2.24, 2.45) is 7.05 Å². The van der Waals surface area contributed by atoms with Crippen molar-refractivity contribution < 1.29 is 9.36 Å². The largest absolute Gasteiger partial charge is 0.309 e. The van der Waals surface area contributed by atoms with E-state index in [0.717, 1.165) is 29.1 Å². The van der Waals surface area contributed by atoms with Crippen LogP contribution in [0.2, 0.25) is 0 Å². The standard InChI is InChI=1S/C25H32N3O/c1-15-11-17(3)22(18(4)12-15)9-10-23(29)25-27(8)21(7)26-28(25)24-19(5)13-16(2)14-20(24)6/h11-14H,9-10H2,1-8H3/q+1. The van der Waals surface area contributed by atoms with Gasteiger partial charge in [0.05, 0.1) is 7.05 Å². The minimum atomic E-state index is 0.117. The summed E-state index contributed by atoms with van der Waals surface area (Å²) < 4.78 is 3.76. The smallest absolute Gasteiger partial charge is 0.287 e. The van der Waals surface area contributed by atoms with Crippen molar-refractivity contribution in [1.29, 1.82) is 0 Å². The summed E-state index contributed by atoms with van der Waals surface area (Å²) in [6.45, 7) is 14.6. The number of hydrogen-bond acceptors (Lipinski definition) is 2. The van der Waals surface area contributed by atoms with Gasteiger partial charge in [0.1, 0.15) is 5.69 Å². The summed E-state index contributed by atoms with van der Waals surface area (Å²) in [4.78, 5) is 13.3. The molecule has 0 saturated heterocycles. The minimum absolute atomic E-state index is 0.117. The SMILES string of the molecule is Cc1cc(C)c(CCC(=O)c2n(-c3c(C)cc(C)cc3C)nc(C)[n+]2C)c(C)c1. The summed E-state index contributed by atoms with van der Waals surface area (Å²) in [5.41, 5.74) is 9.54. The zero-order valence-corrected chi connectivity index (χ0v) is 19.0. The Bertz CT molecular complexity index is 1060. The van der Waals surface area contributed by atoms with Crippen LogP contribution in [0.4, 0.5) is 0 Å². The summed E-state index contributed by atoms with van der Waals surface area (Å²) >= 11 is 0. The van der Waals surface area contributed by atoms with Crippen LogP contribution in [-0.4, -0.2) is 15.6 Å². The lowest BCUT2D eigenvalue weighted by Gasteiger charge is -2.11. The van der Waals surface area contributed by atoms with Gasteiger partial charge >= 0.3 is 5.82 Å². The molecule has 0 N–H and O–H groups in total. The molecule has 0 saturated carbocycles. The van der Waals surface area contributed by atoms with E-state index < -0.39 is 0 Å². The molecule has 3 aromatic rings. The first-order valence-corrected chi connectivity index (χ1v) is 10.2. The highest BCUT2D eigenvalue weighted by molar-refractivity contribution is 5.92. The molecule has 0 aliphatic carbocycles. The van der Waals surface area contributed by atoms with E-state index in [1.54, 1.807) is 0 Å². The van der Waals surface area contributed by atoms with Gasteiger partial charge in [-0.1, -0.05) is 40.1 Å². The number of carbonyl (C=O) groups excluding carboxylic acids is 1. The highest BCUT2D eigenvalue weighted by Crippen LogP contribution is 2.23. The second kappa shape index (κ2) is 7.94. The van der Waals surface area contributed by atoms with Crippen LogP contribution in [0.25, 0.3) is 5.69 Å². The van der Waals surface area contributed by atoms with Gasteiger partial charge in [0, 0.05) is 18.4 Å². The van der Waals surface area contributed by atoms with Crippen LogP contribution in [0.1, 0.15) is 61.8 Å². The molecule has 0 aliphatic heterocycles. The van der Waals surface area contributed by atoms with Gasteiger partial charge in [-0.3, -0.25) is 4.79 Å². The van der Waals surface area contributed by atoms with Crippen molar-refractivity contribution in [2.45, 2.75) is 61.3 Å². The molecular weight excluding hydrogens is 358 g/mol. The van der Waals surface area contributed by atoms with E-state index in [1.165, 1.54) is 27.8 Å². The van der Waals surface area contributed by atoms with Gasteiger partial charge in [-0.25, -0.2) is 4.57 Å². The Balaban J connectivity index is 1.99. The number of carbonyl (C=O) groups is 1. The van der Waals surface area contributed by atoms with Gasteiger partial charge in [-0.05, 0) is 75.8 Å². The van der Waals surface area contributed by atoms with E-state index in [-0.39, 0.29) is 5.78 Å². The molecule has 0 spiro atoms. The fourth-order valence-electron chi connectivity index (χ4n) is 4.48. The van der Waals surface area contributed by atoms with E-state index in [0.29, 0.717) is 12.2 Å². The van der Waals surface area contributed by atoms with Crippen LogP contribution < -0.4 is 4.57 Å². The molecule has 0 fully saturated rings. The number of Topliss-reactive ketones (excluding diaryl/α,β-unsaturated/α-hetero) is 1. The van der Waals surface area contributed by atoms with Crippen molar-refractivity contribution in [3.05, 3.63) is 74.9 Å². The summed E-state index contributed by atoms with van der Waals surface area (Å²) in [5, 5.41) is 4.71. The molecule has 3 rings (SSSR count). The van der Waals surface area contributed by atoms with Gasteiger partial charge in [0.2, 0.25) is 5.78 Å². The lowest BCUT2D eigenvalue weighted by atomic mass is 9.95. The Kier molecular flexibility index (Phi) is 5.74. The summed E-state index contributed by atoms with van der Waals surface area (Å²) in [6.07, 6.45) is 1.21. The van der Waals surface area contributed by atoms with Crippen LogP contribution in [0.15, 0.2) is 24.3 Å². The Morgan fingerprint density at radius 2 is 1.34 bits per heavy atom. The third kappa shape index (κ3) is 4.02. The molecule has 0 aliphatic rings. The van der Waals surface area contributed by atoms with Crippen molar-refractivity contribution >= 4 is 5.78 Å². The van der Waals surface area contributed by atoms with Crippen LogP contribution in [0.5, 0.6) is 0 Å². The third-order valence-electron chi connectivity index (χ3n) is 5.79. The molecular formula is C25H32N3O+. The normalized spacial score (nSPS) is 11.2. The average molecular weight is 391 g/mol. The maximum Gasteiger partial charge on any atom is 0.309 e. The molecule has 0 unspecified atom stereocenters. The monoisotopic (exact) mass is 390 g/mol. The van der Waals surface area contributed by atoms with Crippen LogP contribution in [-0.2, 0) is 13.5 Å². The number of rotatable bonds is 5. The predicted molar refractivity (Wildman–Crippen MR) is 117 cm³/mol. The zero-order chi connectivity index (χ0) is 21.5. The van der Waals surface area contributed by atoms with Gasteiger partial charge in [-0.15, -0.1) is 0 Å². The van der Waals surface area contributed by atoms with Gasteiger partial charge in [0.25, 0.3) is 5.82 Å². The number of hydrogen-bond donors (Lipinski definition) is 0. The topological polar surface area (TPSA) is 38.8 Å². The first kappa shape index (κ1) is 21.0. The first-order valence-electron chi connectivity index (χ1n) is 10.2. The quantitative estimate of drug-likeness (QED) is 0.469. The molecule has 0 bridgehead atoms. The van der Waals surface area contributed by atoms with Gasteiger partial charge in [0.15, 0.2) is 0 Å². The molecule has 4 heteroatoms. The third-order valence-corrected chi connectivity index (χ3v) is 5.79. The predicted octanol–water partition coefficient (Wildman–Crippen LogP) is 4.67. The number of aryl methyl sites for hydroxylation is 7. The Labute approximate surface area is 174 Å². The molecule has 4 nitrogen and oxygen atoms in total. The molecule has 152 valence electrons. The second-order valence-electron chi connectivity index (χ2n) is 8.39. The van der Waals surface area contributed by atoms with E-state index in [2.05, 4.69) is 65.8 Å². The fourth-order valence-corrected chi connectivity index (χ4v) is 4.48. The van der Waals surface area contributed by atoms with Gasteiger partial charge in [-0.2, -0.15) is 0 Å². The van der Waals surface area contributed by atoms with E-state index in [1.807, 2.05) is 23.2 Å². The Hall–Kier alpha value is -2.75. The Morgan fingerprint density at radius 3 is 1.86 bits per heavy atom. The minimum Gasteiger partial charge on any atom is -0.287 e. The zero-order valence-electron chi connectivity index (χ0n) is 19.0. The lowest BCUT2D eigenvalue weighted by Crippen LogP contribution is -2.38. The molecule has 1 heterocycles. The molecule has 0 atom stereocenters. The summed E-state index contributed by atoms with van der Waals surface area (Å²) in [5.74, 6) is 1.59. The maximum atomic E-state index is 13.3. The van der Waals surface area contributed by atoms with Crippen molar-refractivity contribution in [3.63, 3.8) is 0 Å². The number of benzene rings is 2. The van der Waals surface area contributed by atoms with Crippen LogP contribution >= 0.6 is 0 Å². The number of ketones is 1. The van der Waals surface area contributed by atoms with Crippen LogP contribution in [0, 0.1) is 48.5 Å². The Morgan fingerprint density at radius 1 is 0.862 bits per heavy atom. The van der Waals surface area contributed by atoms with E-state index in [4.69, 9.17) is 5.10 Å². The molecule has 0 radical (unpaired) electrons. The average Bonchev–Trinajstić information content (AvgIpc) is 2.87. The van der Waals surface area contributed by atoms with Crippen molar-refractivity contribution in [1.82, 2.24) is 9.78 Å². The molecule has 2 aromatic carbocycles. The highest BCUT2D eigenvalue weighted by Gasteiger charge is 2.30. The molecule has 29 heavy (non-hydrogen) atoms.